The summed E-state index contributed by atoms with van der Waals surface area (Å²) in [4.78, 5) is 4.19. The van der Waals surface area contributed by atoms with E-state index in [1.54, 1.807) is 0 Å². The van der Waals surface area contributed by atoms with Gasteiger partial charge in [0, 0.05) is 6.20 Å². The minimum absolute atomic E-state index is 0.518. The standard InChI is InChI=1S/C14H22ClN/c1-2-3-4-5-6-7-8-13-9-10-16-14(11-13)12-15/h9-11H,2-8,12H2,1H3. The number of nitrogens with zero attached hydrogens (tertiary/aromatic N) is 1. The van der Waals surface area contributed by atoms with Crippen LogP contribution in [0.1, 0.15) is 56.7 Å². The molecular formula is C14H22ClN. The minimum Gasteiger partial charge on any atom is -0.260 e. The lowest BCUT2D eigenvalue weighted by Gasteiger charge is -2.03. The van der Waals surface area contributed by atoms with Gasteiger partial charge in [0.05, 0.1) is 11.6 Å². The highest BCUT2D eigenvalue weighted by Crippen LogP contribution is 2.11. The van der Waals surface area contributed by atoms with Crippen LogP contribution in [-0.2, 0) is 12.3 Å². The quantitative estimate of drug-likeness (QED) is 0.472. The summed E-state index contributed by atoms with van der Waals surface area (Å²) in [6.07, 6.45) is 11.1. The van der Waals surface area contributed by atoms with E-state index in [-0.39, 0.29) is 0 Å². The lowest BCUT2D eigenvalue weighted by atomic mass is 10.1. The van der Waals surface area contributed by atoms with Crippen LogP contribution in [0.3, 0.4) is 0 Å². The summed E-state index contributed by atoms with van der Waals surface area (Å²) in [6.45, 7) is 2.25. The van der Waals surface area contributed by atoms with Crippen molar-refractivity contribution in [1.82, 2.24) is 4.98 Å². The fourth-order valence-corrected chi connectivity index (χ4v) is 2.01. The van der Waals surface area contributed by atoms with Gasteiger partial charge in [0.2, 0.25) is 0 Å². The Morgan fingerprint density at radius 2 is 1.88 bits per heavy atom. The van der Waals surface area contributed by atoms with E-state index in [1.165, 1.54) is 50.5 Å². The summed E-state index contributed by atoms with van der Waals surface area (Å²) in [7, 11) is 0. The Bertz CT molecular complexity index is 286. The van der Waals surface area contributed by atoms with Crippen LogP contribution in [0.25, 0.3) is 0 Å². The first-order valence-electron chi connectivity index (χ1n) is 6.36. The number of unbranched alkanes of at least 4 members (excludes halogenated alkanes) is 5. The molecule has 0 aliphatic carbocycles. The first-order chi connectivity index (χ1) is 7.86. The van der Waals surface area contributed by atoms with Crippen molar-refractivity contribution < 1.29 is 0 Å². The molecule has 0 atom stereocenters. The van der Waals surface area contributed by atoms with E-state index >= 15 is 0 Å². The molecule has 0 unspecified atom stereocenters. The minimum atomic E-state index is 0.518. The second-order valence-corrected chi connectivity index (χ2v) is 4.57. The SMILES string of the molecule is CCCCCCCCc1ccnc(CCl)c1. The summed E-state index contributed by atoms with van der Waals surface area (Å²) in [5, 5.41) is 0. The number of aromatic nitrogens is 1. The molecule has 0 aromatic carbocycles. The third-order valence-corrected chi connectivity index (χ3v) is 3.11. The van der Waals surface area contributed by atoms with Gasteiger partial charge in [0.15, 0.2) is 0 Å². The lowest BCUT2D eigenvalue weighted by molar-refractivity contribution is 0.607. The maximum atomic E-state index is 5.75. The van der Waals surface area contributed by atoms with Gasteiger partial charge in [-0.3, -0.25) is 4.98 Å². The average Bonchev–Trinajstić information content (AvgIpc) is 2.34. The summed E-state index contributed by atoms with van der Waals surface area (Å²) in [5.74, 6) is 0.518. The van der Waals surface area contributed by atoms with Crippen molar-refractivity contribution in [2.45, 2.75) is 57.7 Å². The Morgan fingerprint density at radius 3 is 2.62 bits per heavy atom. The molecule has 0 N–H and O–H groups in total. The van der Waals surface area contributed by atoms with Gasteiger partial charge in [0.25, 0.3) is 0 Å². The Morgan fingerprint density at radius 1 is 1.12 bits per heavy atom. The molecule has 0 fully saturated rings. The van der Waals surface area contributed by atoms with Crippen molar-refractivity contribution in [1.29, 1.82) is 0 Å². The highest BCUT2D eigenvalue weighted by molar-refractivity contribution is 6.16. The molecule has 0 bridgehead atoms. The van der Waals surface area contributed by atoms with E-state index in [2.05, 4.69) is 24.0 Å². The van der Waals surface area contributed by atoms with Gasteiger partial charge in [0.1, 0.15) is 0 Å². The lowest BCUT2D eigenvalue weighted by Crippen LogP contribution is -1.90. The van der Waals surface area contributed by atoms with Crippen molar-refractivity contribution in [3.05, 3.63) is 29.6 Å². The van der Waals surface area contributed by atoms with Crippen LogP contribution in [0.4, 0.5) is 0 Å². The zero-order valence-electron chi connectivity index (χ0n) is 10.2. The first-order valence-corrected chi connectivity index (χ1v) is 6.90. The number of alkyl halides is 1. The molecule has 1 aromatic heterocycles. The van der Waals surface area contributed by atoms with Crippen LogP contribution in [0.2, 0.25) is 0 Å². The van der Waals surface area contributed by atoms with E-state index in [1.807, 2.05) is 6.20 Å². The highest BCUT2D eigenvalue weighted by atomic mass is 35.5. The number of hydrogen-bond acceptors (Lipinski definition) is 1. The molecule has 1 nitrogen and oxygen atoms in total. The molecule has 0 aliphatic rings. The van der Waals surface area contributed by atoms with Crippen LogP contribution in [0.5, 0.6) is 0 Å². The van der Waals surface area contributed by atoms with Gasteiger partial charge >= 0.3 is 0 Å². The molecular weight excluding hydrogens is 218 g/mol. The highest BCUT2D eigenvalue weighted by Gasteiger charge is 1.97. The Labute approximate surface area is 104 Å². The van der Waals surface area contributed by atoms with E-state index in [0.29, 0.717) is 5.88 Å². The largest absolute Gasteiger partial charge is 0.260 e. The van der Waals surface area contributed by atoms with Gasteiger partial charge in [-0.05, 0) is 30.5 Å². The van der Waals surface area contributed by atoms with Crippen molar-refractivity contribution in [3.8, 4) is 0 Å². The fraction of sp³-hybridized carbons (Fsp3) is 0.643. The van der Waals surface area contributed by atoms with Gasteiger partial charge < -0.3 is 0 Å². The molecule has 0 aliphatic heterocycles. The van der Waals surface area contributed by atoms with Crippen LogP contribution in [-0.4, -0.2) is 4.98 Å². The van der Waals surface area contributed by atoms with Crippen LogP contribution >= 0.6 is 11.6 Å². The molecule has 16 heavy (non-hydrogen) atoms. The molecule has 0 radical (unpaired) electrons. The Balaban J connectivity index is 2.16. The average molecular weight is 240 g/mol. The summed E-state index contributed by atoms with van der Waals surface area (Å²) in [6, 6.07) is 4.22. The van der Waals surface area contributed by atoms with Crippen molar-refractivity contribution >= 4 is 11.6 Å². The van der Waals surface area contributed by atoms with E-state index in [4.69, 9.17) is 11.6 Å². The van der Waals surface area contributed by atoms with Crippen LogP contribution in [0, 0.1) is 0 Å². The number of hydrogen-bond donors (Lipinski definition) is 0. The molecule has 0 saturated carbocycles. The van der Waals surface area contributed by atoms with Crippen molar-refractivity contribution in [3.63, 3.8) is 0 Å². The molecule has 1 aromatic rings. The normalized spacial score (nSPS) is 10.6. The summed E-state index contributed by atoms with van der Waals surface area (Å²) < 4.78 is 0. The monoisotopic (exact) mass is 239 g/mol. The van der Waals surface area contributed by atoms with Crippen molar-refractivity contribution in [2.24, 2.45) is 0 Å². The third kappa shape index (κ3) is 5.50. The fourth-order valence-electron chi connectivity index (χ4n) is 1.87. The molecule has 2 heteroatoms. The van der Waals surface area contributed by atoms with Gasteiger partial charge in [-0.25, -0.2) is 0 Å². The van der Waals surface area contributed by atoms with Gasteiger partial charge in [-0.2, -0.15) is 0 Å². The van der Waals surface area contributed by atoms with Crippen molar-refractivity contribution in [2.75, 3.05) is 0 Å². The second-order valence-electron chi connectivity index (χ2n) is 4.31. The summed E-state index contributed by atoms with van der Waals surface area (Å²) >= 11 is 5.75. The maximum Gasteiger partial charge on any atom is 0.0647 e. The molecule has 0 saturated heterocycles. The number of pyridine rings is 1. The van der Waals surface area contributed by atoms with Gasteiger partial charge in [-0.1, -0.05) is 39.0 Å². The number of halogens is 1. The van der Waals surface area contributed by atoms with Gasteiger partial charge in [-0.15, -0.1) is 11.6 Å². The second kappa shape index (κ2) is 8.58. The molecule has 90 valence electrons. The molecule has 0 amide bonds. The van der Waals surface area contributed by atoms with E-state index < -0.39 is 0 Å². The Hall–Kier alpha value is -0.560. The Kier molecular flexibility index (Phi) is 7.24. The molecule has 1 rings (SSSR count). The first kappa shape index (κ1) is 13.5. The summed E-state index contributed by atoms with van der Waals surface area (Å²) in [5.41, 5.74) is 2.37. The van der Waals surface area contributed by atoms with Crippen LogP contribution < -0.4 is 0 Å². The molecule has 1 heterocycles. The molecule has 0 spiro atoms. The van der Waals surface area contributed by atoms with E-state index in [0.717, 1.165) is 5.69 Å². The zero-order chi connectivity index (χ0) is 11.6. The van der Waals surface area contributed by atoms with Crippen LogP contribution in [0.15, 0.2) is 18.3 Å². The topological polar surface area (TPSA) is 12.9 Å². The predicted molar refractivity (Wildman–Crippen MR) is 70.9 cm³/mol. The number of rotatable bonds is 8. The predicted octanol–water partition coefficient (Wildman–Crippen LogP) is 4.72. The van der Waals surface area contributed by atoms with E-state index in [9.17, 15) is 0 Å². The maximum absolute atomic E-state index is 5.75. The third-order valence-electron chi connectivity index (χ3n) is 2.84. The smallest absolute Gasteiger partial charge is 0.0647 e. The zero-order valence-corrected chi connectivity index (χ0v) is 11.0. The number of aryl methyl sites for hydroxylation is 1.